The molecule has 3 N–H and O–H groups in total. The van der Waals surface area contributed by atoms with Gasteiger partial charge in [-0.2, -0.15) is 15.6 Å². The van der Waals surface area contributed by atoms with Crippen molar-refractivity contribution in [3.63, 3.8) is 0 Å². The van der Waals surface area contributed by atoms with Crippen molar-refractivity contribution < 1.29 is 14.6 Å². The zero-order chi connectivity index (χ0) is 20.0. The van der Waals surface area contributed by atoms with Gasteiger partial charge in [0.15, 0.2) is 11.5 Å². The minimum Gasteiger partial charge on any atom is -0.493 e. The molecule has 140 valence electrons. The predicted octanol–water partition coefficient (Wildman–Crippen LogP) is 2.41. The molecule has 8 nitrogen and oxygen atoms in total. The second-order valence-electron chi connectivity index (χ2n) is 5.30. The number of halogens is 1. The van der Waals surface area contributed by atoms with Crippen LogP contribution in [0.1, 0.15) is 23.7 Å². The van der Waals surface area contributed by atoms with Crippen LogP contribution in [0.15, 0.2) is 12.1 Å². The molecule has 1 heterocycles. The van der Waals surface area contributed by atoms with Gasteiger partial charge in [-0.05, 0) is 53.3 Å². The minimum atomic E-state index is -0.184. The lowest BCUT2D eigenvalue weighted by atomic mass is 10.1. The standard InChI is InChI=1S/C18H18IN5O3/c1-3-27-17-14(19)7-11(8-15(17)26-2)6-12(9-20)16-13(10-21)18(22)24(23-16)4-5-25/h6-8,25H,3-5,22H2,1-2H3/b12-6+. The predicted molar refractivity (Wildman–Crippen MR) is 109 cm³/mol. The molecular weight excluding hydrogens is 461 g/mol. The smallest absolute Gasteiger partial charge is 0.174 e. The molecule has 0 unspecified atom stereocenters. The van der Waals surface area contributed by atoms with E-state index in [9.17, 15) is 10.5 Å². The van der Waals surface area contributed by atoms with Crippen molar-refractivity contribution in [2.75, 3.05) is 26.1 Å². The SMILES string of the molecule is CCOc1c(I)cc(/C=C(\C#N)c2nn(CCO)c(N)c2C#N)cc1OC. The van der Waals surface area contributed by atoms with Crippen LogP contribution in [0.25, 0.3) is 11.6 Å². The summed E-state index contributed by atoms with van der Waals surface area (Å²) in [6, 6.07) is 7.62. The van der Waals surface area contributed by atoms with Crippen LogP contribution in [0.2, 0.25) is 0 Å². The number of nitrogen functional groups attached to an aromatic ring is 1. The first-order valence-electron chi connectivity index (χ1n) is 8.00. The van der Waals surface area contributed by atoms with Gasteiger partial charge in [-0.3, -0.25) is 0 Å². The number of hydrogen-bond donors (Lipinski definition) is 2. The van der Waals surface area contributed by atoms with Gasteiger partial charge in [-0.1, -0.05) is 0 Å². The third-order valence-corrected chi connectivity index (χ3v) is 4.44. The van der Waals surface area contributed by atoms with Gasteiger partial charge in [0, 0.05) is 0 Å². The molecule has 1 aromatic carbocycles. The maximum atomic E-state index is 9.60. The molecule has 2 aromatic rings. The Morgan fingerprint density at radius 2 is 2.19 bits per heavy atom. The second-order valence-corrected chi connectivity index (χ2v) is 6.47. The highest BCUT2D eigenvalue weighted by Gasteiger charge is 2.19. The van der Waals surface area contributed by atoms with Gasteiger partial charge in [-0.25, -0.2) is 4.68 Å². The van der Waals surface area contributed by atoms with Crippen molar-refractivity contribution >= 4 is 40.1 Å². The van der Waals surface area contributed by atoms with E-state index >= 15 is 0 Å². The summed E-state index contributed by atoms with van der Waals surface area (Å²) in [4.78, 5) is 0. The Kier molecular flexibility index (Phi) is 7.05. The highest BCUT2D eigenvalue weighted by molar-refractivity contribution is 14.1. The Morgan fingerprint density at radius 3 is 2.74 bits per heavy atom. The number of anilines is 1. The van der Waals surface area contributed by atoms with Crippen molar-refractivity contribution in [2.45, 2.75) is 13.5 Å². The van der Waals surface area contributed by atoms with Gasteiger partial charge in [0.1, 0.15) is 29.2 Å². The summed E-state index contributed by atoms with van der Waals surface area (Å²) >= 11 is 2.13. The molecule has 0 aliphatic carbocycles. The number of benzene rings is 1. The summed E-state index contributed by atoms with van der Waals surface area (Å²) in [5, 5.41) is 32.3. The molecular formula is C18H18IN5O3. The summed E-state index contributed by atoms with van der Waals surface area (Å²) in [6.07, 6.45) is 1.60. The number of nitrogens with two attached hydrogens (primary N) is 1. The van der Waals surface area contributed by atoms with E-state index in [2.05, 4.69) is 33.8 Å². The number of hydrogen-bond acceptors (Lipinski definition) is 7. The van der Waals surface area contributed by atoms with E-state index in [-0.39, 0.29) is 35.8 Å². The van der Waals surface area contributed by atoms with Gasteiger partial charge in [0.25, 0.3) is 0 Å². The summed E-state index contributed by atoms with van der Waals surface area (Å²) < 4.78 is 13.1. The maximum Gasteiger partial charge on any atom is 0.174 e. The molecule has 0 saturated carbocycles. The fraction of sp³-hybridized carbons (Fsp3) is 0.278. The Bertz CT molecular complexity index is 953. The topological polar surface area (TPSA) is 130 Å². The molecule has 2 rings (SSSR count). The molecule has 0 atom stereocenters. The molecule has 0 spiro atoms. The molecule has 0 amide bonds. The molecule has 0 fully saturated rings. The molecule has 1 aromatic heterocycles. The average molecular weight is 479 g/mol. The van der Waals surface area contributed by atoms with Crippen LogP contribution in [0.3, 0.4) is 0 Å². The third kappa shape index (κ3) is 4.32. The van der Waals surface area contributed by atoms with Crippen LogP contribution in [-0.2, 0) is 6.54 Å². The number of nitrogens with zero attached hydrogens (tertiary/aromatic N) is 4. The van der Waals surface area contributed by atoms with Gasteiger partial charge in [0.05, 0.1) is 36.0 Å². The van der Waals surface area contributed by atoms with E-state index in [1.807, 2.05) is 19.1 Å². The first-order chi connectivity index (χ1) is 13.0. The normalized spacial score (nSPS) is 11.0. The average Bonchev–Trinajstić information content (AvgIpc) is 2.97. The van der Waals surface area contributed by atoms with Crippen molar-refractivity contribution in [3.8, 4) is 23.6 Å². The number of nitriles is 2. The number of aromatic nitrogens is 2. The molecule has 0 saturated heterocycles. The number of aliphatic hydroxyl groups is 1. The third-order valence-electron chi connectivity index (χ3n) is 3.64. The van der Waals surface area contributed by atoms with Gasteiger partial charge in [-0.15, -0.1) is 0 Å². The molecule has 0 radical (unpaired) electrons. The minimum absolute atomic E-state index is 0.101. The molecule has 0 aliphatic rings. The Labute approximate surface area is 170 Å². The van der Waals surface area contributed by atoms with Crippen molar-refractivity contribution in [1.29, 1.82) is 10.5 Å². The van der Waals surface area contributed by atoms with Crippen molar-refractivity contribution in [3.05, 3.63) is 32.5 Å². The zero-order valence-corrected chi connectivity index (χ0v) is 17.0. The first-order valence-corrected chi connectivity index (χ1v) is 9.08. The van der Waals surface area contributed by atoms with Crippen LogP contribution in [0.5, 0.6) is 11.5 Å². The lowest BCUT2D eigenvalue weighted by molar-refractivity contribution is 0.270. The van der Waals surface area contributed by atoms with E-state index in [0.29, 0.717) is 23.7 Å². The van der Waals surface area contributed by atoms with Crippen molar-refractivity contribution in [1.82, 2.24) is 9.78 Å². The number of rotatable bonds is 7. The molecule has 27 heavy (non-hydrogen) atoms. The number of allylic oxidation sites excluding steroid dienone is 1. The van der Waals surface area contributed by atoms with Crippen LogP contribution in [0.4, 0.5) is 5.82 Å². The number of aliphatic hydroxyl groups excluding tert-OH is 1. The van der Waals surface area contributed by atoms with Crippen LogP contribution < -0.4 is 15.2 Å². The van der Waals surface area contributed by atoms with Crippen molar-refractivity contribution in [2.24, 2.45) is 0 Å². The number of ether oxygens (including phenoxy) is 2. The molecule has 9 heteroatoms. The van der Waals surface area contributed by atoms with E-state index in [1.165, 1.54) is 11.8 Å². The summed E-state index contributed by atoms with van der Waals surface area (Å²) in [5.74, 6) is 1.28. The summed E-state index contributed by atoms with van der Waals surface area (Å²) in [6.45, 7) is 2.33. The van der Waals surface area contributed by atoms with Gasteiger partial charge >= 0.3 is 0 Å². The highest BCUT2D eigenvalue weighted by Crippen LogP contribution is 2.35. The van der Waals surface area contributed by atoms with Crippen LogP contribution in [0, 0.1) is 26.2 Å². The van der Waals surface area contributed by atoms with E-state index in [1.54, 1.807) is 12.1 Å². The summed E-state index contributed by atoms with van der Waals surface area (Å²) in [7, 11) is 1.54. The molecule has 0 bridgehead atoms. The fourth-order valence-electron chi connectivity index (χ4n) is 2.47. The number of methoxy groups -OCH3 is 1. The zero-order valence-electron chi connectivity index (χ0n) is 14.9. The Hall–Kier alpha value is -2.76. The molecule has 0 aliphatic heterocycles. The van der Waals surface area contributed by atoms with E-state index in [0.717, 1.165) is 3.57 Å². The van der Waals surface area contributed by atoms with Gasteiger partial charge < -0.3 is 20.3 Å². The van der Waals surface area contributed by atoms with E-state index < -0.39 is 0 Å². The monoisotopic (exact) mass is 479 g/mol. The lowest BCUT2D eigenvalue weighted by Crippen LogP contribution is -2.07. The lowest BCUT2D eigenvalue weighted by Gasteiger charge is -2.12. The van der Waals surface area contributed by atoms with Gasteiger partial charge in [0.2, 0.25) is 0 Å². The largest absolute Gasteiger partial charge is 0.493 e. The fourth-order valence-corrected chi connectivity index (χ4v) is 3.25. The van der Waals surface area contributed by atoms with Crippen LogP contribution in [-0.4, -0.2) is 35.2 Å². The first kappa shape index (κ1) is 20.6. The Morgan fingerprint density at radius 1 is 1.44 bits per heavy atom. The summed E-state index contributed by atoms with van der Waals surface area (Å²) in [5.41, 5.74) is 7.05. The quantitative estimate of drug-likeness (QED) is 0.461. The second kappa shape index (κ2) is 9.26. The Balaban J connectivity index is 2.58. The maximum absolute atomic E-state index is 9.60. The van der Waals surface area contributed by atoms with E-state index in [4.69, 9.17) is 20.3 Å². The highest BCUT2D eigenvalue weighted by atomic mass is 127. The van der Waals surface area contributed by atoms with Crippen LogP contribution >= 0.6 is 22.6 Å².